The lowest BCUT2D eigenvalue weighted by atomic mass is 9.97. The fraction of sp³-hybridized carbons (Fsp3) is 0.500. The maximum Gasteiger partial charge on any atom is 0.410 e. The van der Waals surface area contributed by atoms with Gasteiger partial charge in [0.1, 0.15) is 5.60 Å². The molecule has 0 atom stereocenters. The number of hydrogen-bond acceptors (Lipinski definition) is 2. The Labute approximate surface area is 121 Å². The van der Waals surface area contributed by atoms with E-state index in [2.05, 4.69) is 0 Å². The molecule has 110 valence electrons. The minimum Gasteiger partial charge on any atom is -0.444 e. The summed E-state index contributed by atoms with van der Waals surface area (Å²) < 4.78 is 33.4. The van der Waals surface area contributed by atoms with Crippen LogP contribution in [0.3, 0.4) is 0 Å². The summed E-state index contributed by atoms with van der Waals surface area (Å²) in [6.45, 7) is 4.39. The summed E-state index contributed by atoms with van der Waals surface area (Å²) in [5.41, 5.74) is -0.575. The highest BCUT2D eigenvalue weighted by Gasteiger charge is 2.43. The molecule has 0 bridgehead atoms. The van der Waals surface area contributed by atoms with E-state index in [9.17, 15) is 13.6 Å². The van der Waals surface area contributed by atoms with Gasteiger partial charge in [-0.2, -0.15) is 8.78 Å². The number of carbonyl (C=O) groups excluding carboxylic acids is 1. The Hall–Kier alpha value is -1.36. The molecule has 6 heteroatoms. The maximum atomic E-state index is 14.1. The minimum atomic E-state index is -3.13. The lowest BCUT2D eigenvalue weighted by molar-refractivity contribution is -0.0591. The van der Waals surface area contributed by atoms with Gasteiger partial charge in [-0.25, -0.2) is 4.79 Å². The first kappa shape index (κ1) is 15.0. The molecule has 0 unspecified atom stereocenters. The molecule has 1 aliphatic rings. The Morgan fingerprint density at radius 1 is 1.40 bits per heavy atom. The monoisotopic (exact) mass is 303 g/mol. The van der Waals surface area contributed by atoms with E-state index in [1.54, 1.807) is 20.8 Å². The molecule has 1 aromatic carbocycles. The summed E-state index contributed by atoms with van der Waals surface area (Å²) in [5.74, 6) is -3.13. The van der Waals surface area contributed by atoms with Gasteiger partial charge < -0.3 is 4.74 Å². The fourth-order valence-corrected chi connectivity index (χ4v) is 2.32. The van der Waals surface area contributed by atoms with Crippen molar-refractivity contribution in [2.24, 2.45) is 0 Å². The zero-order valence-corrected chi connectivity index (χ0v) is 12.3. The predicted molar refractivity (Wildman–Crippen MR) is 72.0 cm³/mol. The van der Waals surface area contributed by atoms with Gasteiger partial charge in [0, 0.05) is 10.6 Å². The van der Waals surface area contributed by atoms with Crippen LogP contribution in [0.1, 0.15) is 31.9 Å². The molecule has 0 aliphatic carbocycles. The number of alkyl halides is 2. The number of ether oxygens (including phenoxy) is 1. The van der Waals surface area contributed by atoms with Crippen molar-refractivity contribution in [3.63, 3.8) is 0 Å². The lowest BCUT2D eigenvalue weighted by Crippen LogP contribution is -2.45. The number of amides is 1. The molecule has 1 amide bonds. The van der Waals surface area contributed by atoms with Crippen molar-refractivity contribution in [2.45, 2.75) is 38.8 Å². The number of fused-ring (bicyclic) bond motifs is 1. The van der Waals surface area contributed by atoms with Gasteiger partial charge in [-0.3, -0.25) is 4.90 Å². The van der Waals surface area contributed by atoms with Gasteiger partial charge in [0.15, 0.2) is 0 Å². The first-order valence-electron chi connectivity index (χ1n) is 6.24. The molecule has 2 rings (SSSR count). The van der Waals surface area contributed by atoms with Crippen molar-refractivity contribution in [1.29, 1.82) is 0 Å². The number of hydrogen-bond donors (Lipinski definition) is 0. The van der Waals surface area contributed by atoms with Crippen molar-refractivity contribution in [3.05, 3.63) is 34.3 Å². The minimum absolute atomic E-state index is 0.0273. The van der Waals surface area contributed by atoms with E-state index in [-0.39, 0.29) is 22.7 Å². The van der Waals surface area contributed by atoms with Gasteiger partial charge in [0.25, 0.3) is 5.92 Å². The second-order valence-corrected chi connectivity index (χ2v) is 6.21. The highest BCUT2D eigenvalue weighted by molar-refractivity contribution is 6.31. The third kappa shape index (κ3) is 3.03. The van der Waals surface area contributed by atoms with Crippen LogP contribution in [0.5, 0.6) is 0 Å². The smallest absolute Gasteiger partial charge is 0.410 e. The Kier molecular flexibility index (Phi) is 3.67. The summed E-state index contributed by atoms with van der Waals surface area (Å²) in [6.07, 6.45) is -0.761. The molecule has 1 aliphatic heterocycles. The molecule has 1 aromatic rings. The molecule has 0 saturated heterocycles. The second kappa shape index (κ2) is 4.88. The Balaban J connectivity index is 2.30. The standard InChI is InChI=1S/C14H16ClF2NO2/c1-13(2,3)20-12(19)18-7-9-10(14(16,17)8-18)5-4-6-11(9)15/h4-6H,7-8H2,1-3H3. The topological polar surface area (TPSA) is 29.5 Å². The number of benzene rings is 1. The number of rotatable bonds is 0. The molecule has 0 radical (unpaired) electrons. The summed E-state index contributed by atoms with van der Waals surface area (Å²) in [7, 11) is 0. The molecule has 0 saturated carbocycles. The third-order valence-corrected chi connectivity index (χ3v) is 3.26. The summed E-state index contributed by atoms with van der Waals surface area (Å²) in [4.78, 5) is 12.9. The molecule has 0 N–H and O–H groups in total. The third-order valence-electron chi connectivity index (χ3n) is 2.90. The van der Waals surface area contributed by atoms with Crippen molar-refractivity contribution in [1.82, 2.24) is 4.90 Å². The predicted octanol–water partition coefficient (Wildman–Crippen LogP) is 4.18. The highest BCUT2D eigenvalue weighted by Crippen LogP contribution is 2.39. The van der Waals surface area contributed by atoms with Gasteiger partial charge in [-0.15, -0.1) is 0 Å². The normalized spacial score (nSPS) is 17.6. The van der Waals surface area contributed by atoms with Crippen LogP contribution in [-0.2, 0) is 17.2 Å². The molecule has 20 heavy (non-hydrogen) atoms. The van der Waals surface area contributed by atoms with Crippen molar-refractivity contribution >= 4 is 17.7 Å². The average Bonchev–Trinajstić information content (AvgIpc) is 2.27. The molecular formula is C14H16ClF2NO2. The van der Waals surface area contributed by atoms with E-state index in [0.717, 1.165) is 4.90 Å². The van der Waals surface area contributed by atoms with E-state index in [1.807, 2.05) is 0 Å². The molecule has 0 spiro atoms. The molecule has 3 nitrogen and oxygen atoms in total. The second-order valence-electron chi connectivity index (χ2n) is 5.81. The summed E-state index contributed by atoms with van der Waals surface area (Å²) in [6, 6.07) is 4.36. The van der Waals surface area contributed by atoms with Crippen LogP contribution in [-0.4, -0.2) is 23.1 Å². The summed E-state index contributed by atoms with van der Waals surface area (Å²) >= 11 is 5.96. The Bertz CT molecular complexity index is 540. The first-order valence-corrected chi connectivity index (χ1v) is 6.61. The Morgan fingerprint density at radius 2 is 2.05 bits per heavy atom. The van der Waals surface area contributed by atoms with Gasteiger partial charge >= 0.3 is 6.09 Å². The SMILES string of the molecule is CC(C)(C)OC(=O)N1Cc2c(Cl)cccc2C(F)(F)C1. The van der Waals surface area contributed by atoms with Crippen LogP contribution >= 0.6 is 11.6 Å². The van der Waals surface area contributed by atoms with Crippen LogP contribution < -0.4 is 0 Å². The summed E-state index contributed by atoms with van der Waals surface area (Å²) in [5, 5.41) is 0.232. The average molecular weight is 304 g/mol. The Morgan fingerprint density at radius 3 is 2.65 bits per heavy atom. The van der Waals surface area contributed by atoms with Gasteiger partial charge in [0.05, 0.1) is 13.1 Å². The van der Waals surface area contributed by atoms with E-state index in [1.165, 1.54) is 18.2 Å². The maximum absolute atomic E-state index is 14.1. The molecule has 0 fully saturated rings. The van der Waals surface area contributed by atoms with E-state index < -0.39 is 24.2 Å². The first-order chi connectivity index (χ1) is 9.10. The van der Waals surface area contributed by atoms with Gasteiger partial charge in [0.2, 0.25) is 0 Å². The van der Waals surface area contributed by atoms with E-state index in [4.69, 9.17) is 16.3 Å². The van der Waals surface area contributed by atoms with Crippen LogP contribution in [0, 0.1) is 0 Å². The van der Waals surface area contributed by atoms with Crippen molar-refractivity contribution < 1.29 is 18.3 Å². The lowest BCUT2D eigenvalue weighted by Gasteiger charge is -2.35. The van der Waals surface area contributed by atoms with Crippen LogP contribution in [0.25, 0.3) is 0 Å². The number of nitrogens with zero attached hydrogens (tertiary/aromatic N) is 1. The van der Waals surface area contributed by atoms with Gasteiger partial charge in [-0.05, 0) is 32.4 Å². The number of carbonyl (C=O) groups is 1. The van der Waals surface area contributed by atoms with Crippen LogP contribution in [0.4, 0.5) is 13.6 Å². The van der Waals surface area contributed by atoms with E-state index >= 15 is 0 Å². The van der Waals surface area contributed by atoms with Gasteiger partial charge in [-0.1, -0.05) is 23.7 Å². The number of halogens is 3. The molecule has 0 aromatic heterocycles. The molecule has 1 heterocycles. The van der Waals surface area contributed by atoms with Crippen LogP contribution in [0.15, 0.2) is 18.2 Å². The fourth-order valence-electron chi connectivity index (χ4n) is 2.09. The molecular weight excluding hydrogens is 288 g/mol. The van der Waals surface area contributed by atoms with Crippen LogP contribution in [0.2, 0.25) is 5.02 Å². The zero-order valence-electron chi connectivity index (χ0n) is 11.5. The van der Waals surface area contributed by atoms with Crippen molar-refractivity contribution in [2.75, 3.05) is 6.54 Å². The van der Waals surface area contributed by atoms with E-state index in [0.29, 0.717) is 0 Å². The zero-order chi connectivity index (χ0) is 15.1. The van der Waals surface area contributed by atoms with Crippen molar-refractivity contribution in [3.8, 4) is 0 Å². The largest absolute Gasteiger partial charge is 0.444 e. The quantitative estimate of drug-likeness (QED) is 0.719. The highest BCUT2D eigenvalue weighted by atomic mass is 35.5.